The molecule has 198 valence electrons. The number of benzene rings is 1. The van der Waals surface area contributed by atoms with Gasteiger partial charge < -0.3 is 10.6 Å². The number of rotatable bonds is 7. The normalized spacial score (nSPS) is 20.3. The molecule has 11 heteroatoms. The Hall–Kier alpha value is -4.12. The largest absolute Gasteiger partial charge is 0.369 e. The average molecular weight is 519 g/mol. The Labute approximate surface area is 220 Å². The summed E-state index contributed by atoms with van der Waals surface area (Å²) in [6.07, 6.45) is 3.79. The molecule has 1 aromatic carbocycles. The zero-order valence-electron chi connectivity index (χ0n) is 21.3. The van der Waals surface area contributed by atoms with Crippen molar-refractivity contribution in [3.8, 4) is 0 Å². The molecule has 3 aliphatic rings. The molecule has 11 nitrogen and oxygen atoms in total. The molecule has 1 unspecified atom stereocenters. The maximum absolute atomic E-state index is 13.2. The zero-order chi connectivity index (χ0) is 27.0. The van der Waals surface area contributed by atoms with Crippen molar-refractivity contribution in [3.63, 3.8) is 0 Å². The number of aryl methyl sites for hydroxylation is 1. The maximum atomic E-state index is 13.2. The van der Waals surface area contributed by atoms with E-state index in [2.05, 4.69) is 14.8 Å². The Morgan fingerprint density at radius 3 is 2.42 bits per heavy atom. The average Bonchev–Trinajstić information content (AvgIpc) is 3.17. The van der Waals surface area contributed by atoms with Crippen LogP contribution in [0.2, 0.25) is 0 Å². The smallest absolute Gasteiger partial charge is 0.267 e. The Bertz CT molecular complexity index is 1300. The Morgan fingerprint density at radius 1 is 1.00 bits per heavy atom. The molecule has 0 bridgehead atoms. The van der Waals surface area contributed by atoms with Crippen LogP contribution < -0.4 is 10.6 Å². The van der Waals surface area contributed by atoms with Gasteiger partial charge in [0.15, 0.2) is 0 Å². The van der Waals surface area contributed by atoms with Gasteiger partial charge in [0.25, 0.3) is 23.6 Å². The van der Waals surface area contributed by atoms with Gasteiger partial charge in [-0.3, -0.25) is 43.7 Å². The van der Waals surface area contributed by atoms with Crippen molar-refractivity contribution in [2.45, 2.75) is 31.7 Å². The summed E-state index contributed by atoms with van der Waals surface area (Å²) in [6.45, 7) is 4.24. The number of carbonyl (C=O) groups is 5. The highest BCUT2D eigenvalue weighted by molar-refractivity contribution is 6.23. The number of fused-ring (bicyclic) bond motifs is 1. The molecular weight excluding hydrogens is 488 g/mol. The number of imide groups is 2. The van der Waals surface area contributed by atoms with E-state index in [0.29, 0.717) is 11.1 Å². The van der Waals surface area contributed by atoms with E-state index in [1.807, 2.05) is 12.1 Å². The van der Waals surface area contributed by atoms with Gasteiger partial charge in [0, 0.05) is 51.5 Å². The fourth-order valence-corrected chi connectivity index (χ4v) is 5.32. The Kier molecular flexibility index (Phi) is 6.94. The van der Waals surface area contributed by atoms with Crippen molar-refractivity contribution >= 4 is 35.2 Å². The summed E-state index contributed by atoms with van der Waals surface area (Å²) in [7, 11) is 1.38. The minimum Gasteiger partial charge on any atom is -0.369 e. The van der Waals surface area contributed by atoms with Crippen LogP contribution in [0.15, 0.2) is 36.5 Å². The summed E-state index contributed by atoms with van der Waals surface area (Å²) in [5, 5.41) is 0. The lowest BCUT2D eigenvalue weighted by Crippen LogP contribution is -2.54. The van der Waals surface area contributed by atoms with E-state index in [1.165, 1.54) is 7.05 Å². The van der Waals surface area contributed by atoms with Crippen LogP contribution in [0, 0.1) is 0 Å². The number of hydrogen-bond acceptors (Lipinski definition) is 8. The molecule has 1 atom stereocenters. The summed E-state index contributed by atoms with van der Waals surface area (Å²) in [6, 6.07) is 7.84. The van der Waals surface area contributed by atoms with E-state index in [1.54, 1.807) is 24.4 Å². The third-order valence-electron chi connectivity index (χ3n) is 7.59. The Balaban J connectivity index is 1.16. The number of nitrogens with zero attached hydrogens (tertiary/aromatic N) is 5. The van der Waals surface area contributed by atoms with Gasteiger partial charge in [-0.2, -0.15) is 0 Å². The number of anilines is 1. The van der Waals surface area contributed by atoms with Gasteiger partial charge in [-0.05, 0) is 55.6 Å². The fourth-order valence-electron chi connectivity index (χ4n) is 5.32. The van der Waals surface area contributed by atoms with Crippen molar-refractivity contribution in [2.75, 3.05) is 44.7 Å². The first-order valence-electron chi connectivity index (χ1n) is 12.8. The number of primary amides is 1. The number of likely N-dealkylation sites (tertiary alicyclic amines) is 1. The predicted octanol–water partition coefficient (Wildman–Crippen LogP) is 0.679. The standard InChI is InChI=1S/C27H30N6O5/c1-30-23(34)9-8-22(27(30)38)33-25(36)19-6-5-18(15-20(19)26(33)37)32-13-11-31(12-14-32)10-2-3-17-4-7-21(24(28)35)29-16-17/h4-7,15-16,22H,2-3,8-14H2,1H3,(H2,28,35). The number of aromatic nitrogens is 1. The molecule has 3 aliphatic heterocycles. The number of pyridine rings is 1. The molecule has 38 heavy (non-hydrogen) atoms. The number of nitrogens with two attached hydrogens (primary N) is 1. The van der Waals surface area contributed by atoms with E-state index in [9.17, 15) is 24.0 Å². The van der Waals surface area contributed by atoms with Crippen molar-refractivity contribution in [1.82, 2.24) is 19.7 Å². The topological polar surface area (TPSA) is 137 Å². The first-order chi connectivity index (χ1) is 18.2. The van der Waals surface area contributed by atoms with Crippen LogP contribution in [0.25, 0.3) is 0 Å². The van der Waals surface area contributed by atoms with Crippen LogP contribution in [0.5, 0.6) is 0 Å². The SMILES string of the molecule is CN1C(=O)CCC(N2C(=O)c3ccc(N4CCN(CCCc5ccc(C(N)=O)nc5)CC4)cc3C2=O)C1=O. The highest BCUT2D eigenvalue weighted by Gasteiger charge is 2.46. The molecule has 0 saturated carbocycles. The van der Waals surface area contributed by atoms with Crippen LogP contribution in [0.1, 0.15) is 56.0 Å². The third kappa shape index (κ3) is 4.76. The fraction of sp³-hybridized carbons (Fsp3) is 0.407. The number of piperazine rings is 1. The molecule has 2 saturated heterocycles. The monoisotopic (exact) mass is 518 g/mol. The summed E-state index contributed by atoms with van der Waals surface area (Å²) < 4.78 is 0. The first-order valence-corrected chi connectivity index (χ1v) is 12.8. The lowest BCUT2D eigenvalue weighted by Gasteiger charge is -2.36. The predicted molar refractivity (Wildman–Crippen MR) is 137 cm³/mol. The molecule has 0 aliphatic carbocycles. The second-order valence-electron chi connectivity index (χ2n) is 9.90. The molecule has 2 aromatic rings. The van der Waals surface area contributed by atoms with Gasteiger partial charge >= 0.3 is 0 Å². The summed E-state index contributed by atoms with van der Waals surface area (Å²) in [4.78, 5) is 72.5. The van der Waals surface area contributed by atoms with Gasteiger partial charge in [-0.15, -0.1) is 0 Å². The molecule has 0 spiro atoms. The second kappa shape index (κ2) is 10.3. The van der Waals surface area contributed by atoms with Gasteiger partial charge in [-0.25, -0.2) is 0 Å². The van der Waals surface area contributed by atoms with E-state index in [4.69, 9.17) is 5.73 Å². The molecule has 1 aromatic heterocycles. The van der Waals surface area contributed by atoms with Gasteiger partial charge in [0.05, 0.1) is 11.1 Å². The molecule has 0 radical (unpaired) electrons. The summed E-state index contributed by atoms with van der Waals surface area (Å²) in [5.41, 5.74) is 8.03. The van der Waals surface area contributed by atoms with Gasteiger partial charge in [0.2, 0.25) is 5.91 Å². The third-order valence-corrected chi connectivity index (χ3v) is 7.59. The van der Waals surface area contributed by atoms with Crippen LogP contribution in [0.4, 0.5) is 5.69 Å². The van der Waals surface area contributed by atoms with Crippen molar-refractivity contribution in [1.29, 1.82) is 0 Å². The highest BCUT2D eigenvalue weighted by Crippen LogP contribution is 2.31. The maximum Gasteiger partial charge on any atom is 0.267 e. The lowest BCUT2D eigenvalue weighted by molar-refractivity contribution is -0.149. The number of piperidine rings is 1. The molecule has 5 amide bonds. The molecule has 2 fully saturated rings. The molecular formula is C27H30N6O5. The van der Waals surface area contributed by atoms with E-state index < -0.39 is 29.7 Å². The number of carbonyl (C=O) groups excluding carboxylic acids is 5. The van der Waals surface area contributed by atoms with E-state index in [-0.39, 0.29) is 24.4 Å². The Morgan fingerprint density at radius 2 is 1.74 bits per heavy atom. The van der Waals surface area contributed by atoms with Crippen molar-refractivity contribution < 1.29 is 24.0 Å². The van der Waals surface area contributed by atoms with Crippen LogP contribution >= 0.6 is 0 Å². The van der Waals surface area contributed by atoms with Crippen LogP contribution in [-0.2, 0) is 16.0 Å². The van der Waals surface area contributed by atoms with Gasteiger partial charge in [-0.1, -0.05) is 6.07 Å². The van der Waals surface area contributed by atoms with Crippen LogP contribution in [-0.4, -0.2) is 95.0 Å². The minimum atomic E-state index is -0.950. The van der Waals surface area contributed by atoms with Crippen molar-refractivity contribution in [2.24, 2.45) is 5.73 Å². The van der Waals surface area contributed by atoms with E-state index in [0.717, 1.165) is 66.6 Å². The second-order valence-corrected chi connectivity index (χ2v) is 9.90. The minimum absolute atomic E-state index is 0.119. The van der Waals surface area contributed by atoms with Crippen molar-refractivity contribution in [3.05, 3.63) is 58.9 Å². The quantitative estimate of drug-likeness (QED) is 0.529. The summed E-state index contributed by atoms with van der Waals surface area (Å²) >= 11 is 0. The van der Waals surface area contributed by atoms with Gasteiger partial charge in [0.1, 0.15) is 11.7 Å². The molecule has 2 N–H and O–H groups in total. The highest BCUT2D eigenvalue weighted by atomic mass is 16.2. The zero-order valence-corrected chi connectivity index (χ0v) is 21.3. The molecule has 4 heterocycles. The number of amides is 5. The molecule has 5 rings (SSSR count). The number of likely N-dealkylation sites (N-methyl/N-ethyl adjacent to an activating group) is 1. The van der Waals surface area contributed by atoms with E-state index >= 15 is 0 Å². The number of hydrogen-bond donors (Lipinski definition) is 1. The summed E-state index contributed by atoms with van der Waals surface area (Å²) in [5.74, 6) is -2.33. The van der Waals surface area contributed by atoms with Crippen LogP contribution in [0.3, 0.4) is 0 Å². The first kappa shape index (κ1) is 25.5. The lowest BCUT2D eigenvalue weighted by atomic mass is 10.0.